The van der Waals surface area contributed by atoms with E-state index in [-0.39, 0.29) is 22.4 Å². The maximum absolute atomic E-state index is 15.1. The lowest BCUT2D eigenvalue weighted by molar-refractivity contribution is -0.137. The van der Waals surface area contributed by atoms with Crippen LogP contribution in [-0.2, 0) is 6.18 Å². The Hall–Kier alpha value is -9.57. The van der Waals surface area contributed by atoms with Gasteiger partial charge in [-0.25, -0.2) is 4.85 Å². The molecule has 0 bridgehead atoms. The van der Waals surface area contributed by atoms with E-state index in [0.717, 1.165) is 94.4 Å². The van der Waals surface area contributed by atoms with E-state index in [2.05, 4.69) is 62.5 Å². The number of hydrogen-bond donors (Lipinski definition) is 0. The van der Waals surface area contributed by atoms with E-state index >= 15 is 13.2 Å². The summed E-state index contributed by atoms with van der Waals surface area (Å²) >= 11 is 0. The van der Waals surface area contributed by atoms with E-state index in [1.807, 2.05) is 127 Å². The zero-order chi connectivity index (χ0) is 47.5. The van der Waals surface area contributed by atoms with Crippen molar-refractivity contribution in [2.75, 3.05) is 0 Å². The first-order chi connectivity index (χ1) is 34.3. The summed E-state index contributed by atoms with van der Waals surface area (Å²) in [6.45, 7) is 8.07. The van der Waals surface area contributed by atoms with Crippen molar-refractivity contribution in [3.8, 4) is 73.3 Å². The van der Waals surface area contributed by atoms with E-state index in [1.165, 1.54) is 12.1 Å². The quantitative estimate of drug-likeness (QED) is 0.150. The first-order valence-electron chi connectivity index (χ1n) is 22.6. The van der Waals surface area contributed by atoms with Crippen molar-refractivity contribution in [3.05, 3.63) is 235 Å². The van der Waals surface area contributed by atoms with Crippen LogP contribution >= 0.6 is 0 Å². The van der Waals surface area contributed by atoms with E-state index in [4.69, 9.17) is 16.5 Å². The Bertz CT molecular complexity index is 4140. The van der Waals surface area contributed by atoms with Crippen LogP contribution in [0.2, 0.25) is 0 Å². The van der Waals surface area contributed by atoms with Gasteiger partial charge in [-0.05, 0) is 77.4 Å². The highest BCUT2D eigenvalue weighted by Crippen LogP contribution is 2.48. The maximum atomic E-state index is 15.1. The monoisotopic (exact) mass is 908 g/mol. The van der Waals surface area contributed by atoms with Gasteiger partial charge in [0.1, 0.15) is 0 Å². The highest BCUT2D eigenvalue weighted by atomic mass is 19.4. The highest BCUT2D eigenvalue weighted by Gasteiger charge is 2.36. The number of nitrogens with zero attached hydrogens (tertiary/aromatic N) is 6. The third kappa shape index (κ3) is 6.79. The number of alkyl halides is 3. The second-order valence-electron chi connectivity index (χ2n) is 17.0. The summed E-state index contributed by atoms with van der Waals surface area (Å²) in [4.78, 5) is 13.2. The summed E-state index contributed by atoms with van der Waals surface area (Å²) in [6.07, 6.45) is -1.25. The molecule has 0 saturated heterocycles. The fourth-order valence-electron chi connectivity index (χ4n) is 10.1. The molecule has 0 fully saturated rings. The van der Waals surface area contributed by atoms with Crippen molar-refractivity contribution >= 4 is 49.3 Å². The molecule has 0 N–H and O–H groups in total. The summed E-state index contributed by atoms with van der Waals surface area (Å²) in [7, 11) is 0. The van der Waals surface area contributed by atoms with Gasteiger partial charge in [-0.3, -0.25) is 9.97 Å². The van der Waals surface area contributed by atoms with Crippen molar-refractivity contribution < 1.29 is 13.2 Å². The number of halogens is 3. The van der Waals surface area contributed by atoms with Crippen LogP contribution in [-0.4, -0.2) is 19.1 Å². The molecule has 330 valence electrons. The fraction of sp³-hybridized carbons (Fsp3) is 0.0164. The molecule has 8 aromatic carbocycles. The van der Waals surface area contributed by atoms with Gasteiger partial charge in [-0.2, -0.15) is 18.4 Å². The first kappa shape index (κ1) is 41.8. The van der Waals surface area contributed by atoms with Gasteiger partial charge in [-0.15, -0.1) is 0 Å². The van der Waals surface area contributed by atoms with E-state index in [0.29, 0.717) is 11.4 Å². The van der Waals surface area contributed by atoms with Crippen LogP contribution < -0.4 is 0 Å². The van der Waals surface area contributed by atoms with Crippen molar-refractivity contribution in [2.24, 2.45) is 0 Å². The molecule has 9 heteroatoms. The summed E-state index contributed by atoms with van der Waals surface area (Å²) < 4.78 is 49.5. The Morgan fingerprint density at radius 2 is 0.943 bits per heavy atom. The number of rotatable bonds is 7. The van der Waals surface area contributed by atoms with Gasteiger partial charge in [0.2, 0.25) is 0 Å². The first-order valence-corrected chi connectivity index (χ1v) is 22.6. The number of para-hydroxylation sites is 2. The molecule has 0 spiro atoms. The van der Waals surface area contributed by atoms with Crippen LogP contribution in [0.5, 0.6) is 0 Å². The van der Waals surface area contributed by atoms with Crippen molar-refractivity contribution in [1.29, 1.82) is 5.26 Å². The standard InChI is InChI=1S/C61H35F3N6/c1-66-51-24-12-23-50(61(62,63)64)58(51)47-36-57(70-53-26-11-9-20-46(53)49-34-41(28-30-55(49)70)44-22-14-32-68-60(44)39-17-6-3-7-18-39)56(35-42(47)37-65)69-52-25-10-8-19-45(52)48-33-40(27-29-54(48)69)43-21-13-31-67-59(43)38-15-4-2-5-16-38/h2-36H. The maximum Gasteiger partial charge on any atom is 0.415 e. The molecule has 0 aliphatic carbocycles. The van der Waals surface area contributed by atoms with E-state index in [9.17, 15) is 5.26 Å². The SMILES string of the molecule is [C-]#[N+]c1cccc(C(F)(F)F)c1-c1cc(-n2c3ccccc3c3cc(-c4cccnc4-c4ccccc4)ccc32)c(-n2c3ccccc3c3cc(-c4cccnc4-c4ccccc4)ccc32)cc1C#N. The molecule has 4 heterocycles. The van der Waals surface area contributed by atoms with Gasteiger partial charge in [0.05, 0.1) is 68.6 Å². The zero-order valence-electron chi connectivity index (χ0n) is 37.0. The van der Waals surface area contributed by atoms with Crippen LogP contribution in [0.3, 0.4) is 0 Å². The number of benzene rings is 8. The second-order valence-corrected chi connectivity index (χ2v) is 17.0. The Morgan fingerprint density at radius 1 is 0.457 bits per heavy atom. The molecule has 0 aliphatic heterocycles. The van der Waals surface area contributed by atoms with Crippen molar-refractivity contribution in [1.82, 2.24) is 19.1 Å². The Balaban J connectivity index is 1.17. The van der Waals surface area contributed by atoms with E-state index < -0.39 is 11.7 Å². The van der Waals surface area contributed by atoms with Crippen LogP contribution in [0, 0.1) is 17.9 Å². The molecule has 12 rings (SSSR count). The van der Waals surface area contributed by atoms with Crippen molar-refractivity contribution in [2.45, 2.75) is 6.18 Å². The van der Waals surface area contributed by atoms with Crippen LogP contribution in [0.25, 0.3) is 116 Å². The Labute approximate surface area is 399 Å². The summed E-state index contributed by atoms with van der Waals surface area (Å²) in [5.74, 6) is 0. The van der Waals surface area contributed by atoms with E-state index in [1.54, 1.807) is 24.5 Å². The highest BCUT2D eigenvalue weighted by molar-refractivity contribution is 6.13. The fourth-order valence-corrected chi connectivity index (χ4v) is 10.1. The molecular formula is C61H35F3N6. The predicted octanol–water partition coefficient (Wildman–Crippen LogP) is 16.4. The minimum atomic E-state index is -4.82. The second kappa shape index (κ2) is 16.6. The molecule has 0 amide bonds. The molecule has 0 unspecified atom stereocenters. The Morgan fingerprint density at radius 3 is 1.44 bits per heavy atom. The minimum Gasteiger partial charge on any atom is -0.307 e. The van der Waals surface area contributed by atoms with Crippen molar-refractivity contribution in [3.63, 3.8) is 0 Å². The Kier molecular flexibility index (Phi) is 9.94. The predicted molar refractivity (Wildman–Crippen MR) is 274 cm³/mol. The summed E-state index contributed by atoms with van der Waals surface area (Å²) in [6, 6.07) is 65.7. The van der Waals surface area contributed by atoms with Crippen LogP contribution in [0.15, 0.2) is 213 Å². The third-order valence-corrected chi connectivity index (χ3v) is 13.1. The average Bonchev–Trinajstić information content (AvgIpc) is 3.92. The smallest absolute Gasteiger partial charge is 0.307 e. The lowest BCUT2D eigenvalue weighted by Crippen LogP contribution is -2.09. The van der Waals surface area contributed by atoms with Crippen LogP contribution in [0.1, 0.15) is 11.1 Å². The summed E-state index contributed by atoms with van der Waals surface area (Å²) in [5, 5.41) is 14.7. The normalized spacial score (nSPS) is 11.6. The molecule has 0 atom stereocenters. The van der Waals surface area contributed by atoms with Gasteiger partial charge >= 0.3 is 6.18 Å². The molecule has 4 aromatic heterocycles. The lowest BCUT2D eigenvalue weighted by Gasteiger charge is -2.21. The zero-order valence-corrected chi connectivity index (χ0v) is 37.0. The largest absolute Gasteiger partial charge is 0.415 e. The number of nitriles is 1. The molecule has 12 aromatic rings. The van der Waals surface area contributed by atoms with Gasteiger partial charge in [0, 0.05) is 61.8 Å². The molecule has 0 aliphatic rings. The number of fused-ring (bicyclic) bond motifs is 6. The number of hydrogen-bond acceptors (Lipinski definition) is 3. The van der Waals surface area contributed by atoms with Gasteiger partial charge in [-0.1, -0.05) is 140 Å². The van der Waals surface area contributed by atoms with Crippen LogP contribution in [0.4, 0.5) is 18.9 Å². The molecule has 0 saturated carbocycles. The molecule has 6 nitrogen and oxygen atoms in total. The summed E-state index contributed by atoms with van der Waals surface area (Å²) in [5.41, 5.74) is 10.1. The minimum absolute atomic E-state index is 0.00124. The molecule has 70 heavy (non-hydrogen) atoms. The number of aromatic nitrogens is 4. The van der Waals surface area contributed by atoms with Gasteiger partial charge in [0.15, 0.2) is 5.69 Å². The third-order valence-electron chi connectivity index (χ3n) is 13.1. The molecule has 0 radical (unpaired) electrons. The molecular weight excluding hydrogens is 874 g/mol. The number of pyridine rings is 2. The van der Waals surface area contributed by atoms with Gasteiger partial charge < -0.3 is 9.13 Å². The topological polar surface area (TPSA) is 63.8 Å². The lowest BCUT2D eigenvalue weighted by atomic mass is 9.92. The average molecular weight is 909 g/mol. The van der Waals surface area contributed by atoms with Gasteiger partial charge in [0.25, 0.3) is 0 Å².